The number of nitrogens with one attached hydrogen (secondary N) is 2. The van der Waals surface area contributed by atoms with E-state index in [9.17, 15) is 4.79 Å². The third-order valence-electron chi connectivity index (χ3n) is 2.92. The summed E-state index contributed by atoms with van der Waals surface area (Å²) in [6, 6.07) is -0.387. The Labute approximate surface area is 117 Å². The highest BCUT2D eigenvalue weighted by atomic mass is 16.2. The maximum Gasteiger partial charge on any atom is 0.315 e. The van der Waals surface area contributed by atoms with E-state index in [1.54, 1.807) is 23.4 Å². The summed E-state index contributed by atoms with van der Waals surface area (Å²) in [4.78, 5) is 15.7. The van der Waals surface area contributed by atoms with Crippen molar-refractivity contribution in [1.29, 1.82) is 0 Å². The Morgan fingerprint density at radius 1 is 1.45 bits per heavy atom. The number of hydrogen-bond acceptors (Lipinski definition) is 4. The zero-order valence-electron chi connectivity index (χ0n) is 11.7. The lowest BCUT2D eigenvalue weighted by molar-refractivity contribution is 0.237. The molecule has 1 atom stereocenters. The van der Waals surface area contributed by atoms with Gasteiger partial charge in [-0.3, -0.25) is 0 Å². The number of urea groups is 1. The third-order valence-corrected chi connectivity index (χ3v) is 2.92. The van der Waals surface area contributed by atoms with Crippen molar-refractivity contribution < 1.29 is 4.79 Å². The highest BCUT2D eigenvalue weighted by molar-refractivity contribution is 5.74. The third kappa shape index (κ3) is 3.81. The Morgan fingerprint density at radius 2 is 2.30 bits per heavy atom. The normalized spacial score (nSPS) is 12.1. The van der Waals surface area contributed by atoms with E-state index in [0.717, 1.165) is 18.8 Å². The first-order valence-electron chi connectivity index (χ1n) is 6.51. The summed E-state index contributed by atoms with van der Waals surface area (Å²) in [6.07, 6.45) is 7.85. The molecule has 0 aliphatic heterocycles. The second kappa shape index (κ2) is 6.69. The molecule has 0 aliphatic carbocycles. The van der Waals surface area contributed by atoms with Gasteiger partial charge in [0.05, 0.1) is 12.4 Å². The van der Waals surface area contributed by atoms with Gasteiger partial charge in [0, 0.05) is 32.5 Å². The zero-order valence-corrected chi connectivity index (χ0v) is 11.7. The second-order valence-corrected chi connectivity index (χ2v) is 4.58. The Kier molecular flexibility index (Phi) is 4.70. The number of amides is 2. The van der Waals surface area contributed by atoms with Gasteiger partial charge < -0.3 is 19.8 Å². The van der Waals surface area contributed by atoms with Gasteiger partial charge >= 0.3 is 6.03 Å². The summed E-state index contributed by atoms with van der Waals surface area (Å²) in [5.74, 6) is 0.721. The van der Waals surface area contributed by atoms with Crippen LogP contribution < -0.4 is 10.6 Å². The molecular formula is C12H19N7O. The van der Waals surface area contributed by atoms with Crippen molar-refractivity contribution in [3.8, 4) is 0 Å². The monoisotopic (exact) mass is 277 g/mol. The van der Waals surface area contributed by atoms with E-state index >= 15 is 0 Å². The summed E-state index contributed by atoms with van der Waals surface area (Å²) >= 11 is 0. The first-order chi connectivity index (χ1) is 9.66. The zero-order chi connectivity index (χ0) is 14.4. The van der Waals surface area contributed by atoms with Crippen LogP contribution in [-0.4, -0.2) is 36.9 Å². The number of nitrogens with zero attached hydrogens (tertiary/aromatic N) is 5. The van der Waals surface area contributed by atoms with E-state index in [-0.39, 0.29) is 12.1 Å². The van der Waals surface area contributed by atoms with Crippen LogP contribution in [-0.2, 0) is 13.6 Å². The molecule has 2 amide bonds. The summed E-state index contributed by atoms with van der Waals surface area (Å²) in [6.45, 7) is 3.31. The molecule has 0 saturated heterocycles. The maximum atomic E-state index is 11.7. The number of hydrogen-bond donors (Lipinski definition) is 2. The standard InChI is InChI=1S/C12H19N7O/c1-10(11-17-15-9-18(11)2)16-12(20)14-4-3-6-19-7-5-13-8-19/h5,7-10H,3-4,6H2,1-2H3,(H2,14,16,20)/t10-/m0/s1. The topological polar surface area (TPSA) is 89.7 Å². The molecule has 0 aliphatic rings. The Hall–Kier alpha value is -2.38. The van der Waals surface area contributed by atoms with Gasteiger partial charge in [-0.2, -0.15) is 0 Å². The van der Waals surface area contributed by atoms with Crippen molar-refractivity contribution in [2.24, 2.45) is 7.05 Å². The van der Waals surface area contributed by atoms with Gasteiger partial charge in [-0.1, -0.05) is 0 Å². The quantitative estimate of drug-likeness (QED) is 0.751. The molecule has 0 bridgehead atoms. The Morgan fingerprint density at radius 3 is 2.95 bits per heavy atom. The van der Waals surface area contributed by atoms with E-state index in [0.29, 0.717) is 6.54 Å². The molecule has 0 saturated carbocycles. The molecule has 2 aromatic heterocycles. The SMILES string of the molecule is C[C@H](NC(=O)NCCCn1ccnc1)c1nncn1C. The molecule has 0 aromatic carbocycles. The van der Waals surface area contributed by atoms with E-state index < -0.39 is 0 Å². The van der Waals surface area contributed by atoms with Crippen LogP contribution in [0.25, 0.3) is 0 Å². The van der Waals surface area contributed by atoms with Gasteiger partial charge in [-0.25, -0.2) is 9.78 Å². The molecule has 2 aromatic rings. The molecule has 8 heteroatoms. The Bertz CT molecular complexity index is 534. The van der Waals surface area contributed by atoms with Crippen LogP contribution in [0.3, 0.4) is 0 Å². The predicted molar refractivity (Wildman–Crippen MR) is 72.8 cm³/mol. The highest BCUT2D eigenvalue weighted by Crippen LogP contribution is 2.06. The lowest BCUT2D eigenvalue weighted by Crippen LogP contribution is -2.38. The average Bonchev–Trinajstić information content (AvgIpc) is 3.05. The largest absolute Gasteiger partial charge is 0.338 e. The van der Waals surface area contributed by atoms with E-state index in [1.807, 2.05) is 24.7 Å². The summed E-state index contributed by atoms with van der Waals surface area (Å²) in [5.41, 5.74) is 0. The van der Waals surface area contributed by atoms with Gasteiger partial charge in [0.25, 0.3) is 0 Å². The number of aromatic nitrogens is 5. The molecule has 0 fully saturated rings. The van der Waals surface area contributed by atoms with Crippen molar-refractivity contribution in [2.75, 3.05) is 6.54 Å². The predicted octanol–water partition coefficient (Wildman–Crippen LogP) is 0.462. The molecule has 2 heterocycles. The van der Waals surface area contributed by atoms with E-state index in [2.05, 4.69) is 25.8 Å². The summed E-state index contributed by atoms with van der Waals surface area (Å²) < 4.78 is 3.76. The molecule has 8 nitrogen and oxygen atoms in total. The smallest absolute Gasteiger partial charge is 0.315 e. The fourth-order valence-corrected chi connectivity index (χ4v) is 1.88. The first kappa shape index (κ1) is 14.0. The summed E-state index contributed by atoms with van der Waals surface area (Å²) in [7, 11) is 1.84. The van der Waals surface area contributed by atoms with Crippen molar-refractivity contribution in [3.63, 3.8) is 0 Å². The lowest BCUT2D eigenvalue weighted by Gasteiger charge is -2.13. The van der Waals surface area contributed by atoms with Crippen molar-refractivity contribution in [3.05, 3.63) is 30.9 Å². The molecule has 0 spiro atoms. The molecule has 2 N–H and O–H groups in total. The van der Waals surface area contributed by atoms with Crippen LogP contribution in [0.4, 0.5) is 4.79 Å². The van der Waals surface area contributed by atoms with E-state index in [4.69, 9.17) is 0 Å². The number of carbonyl (C=O) groups excluding carboxylic acids is 1. The van der Waals surface area contributed by atoms with Gasteiger partial charge in [0.15, 0.2) is 5.82 Å². The van der Waals surface area contributed by atoms with Crippen LogP contribution in [0.1, 0.15) is 25.2 Å². The number of aryl methyl sites for hydroxylation is 2. The fourth-order valence-electron chi connectivity index (χ4n) is 1.88. The minimum absolute atomic E-state index is 0.184. The minimum Gasteiger partial charge on any atom is -0.338 e. The molecule has 0 radical (unpaired) electrons. The van der Waals surface area contributed by atoms with Gasteiger partial charge in [-0.05, 0) is 13.3 Å². The molecule has 108 valence electrons. The number of imidazole rings is 1. The van der Waals surface area contributed by atoms with Crippen molar-refractivity contribution in [1.82, 2.24) is 34.9 Å². The van der Waals surface area contributed by atoms with Crippen LogP contribution in [0.15, 0.2) is 25.0 Å². The molecule has 20 heavy (non-hydrogen) atoms. The number of rotatable bonds is 6. The highest BCUT2D eigenvalue weighted by Gasteiger charge is 2.13. The van der Waals surface area contributed by atoms with Crippen LogP contribution in [0, 0.1) is 0 Å². The van der Waals surface area contributed by atoms with Crippen LogP contribution in [0.2, 0.25) is 0 Å². The maximum absolute atomic E-state index is 11.7. The average molecular weight is 277 g/mol. The molecule has 0 unspecified atom stereocenters. The first-order valence-corrected chi connectivity index (χ1v) is 6.51. The number of carbonyl (C=O) groups is 1. The fraction of sp³-hybridized carbons (Fsp3) is 0.500. The van der Waals surface area contributed by atoms with Gasteiger partial charge in [0.1, 0.15) is 6.33 Å². The van der Waals surface area contributed by atoms with Crippen molar-refractivity contribution >= 4 is 6.03 Å². The molecule has 2 rings (SSSR count). The Balaban J connectivity index is 1.66. The minimum atomic E-state index is -0.203. The van der Waals surface area contributed by atoms with E-state index in [1.165, 1.54) is 0 Å². The lowest BCUT2D eigenvalue weighted by atomic mass is 10.3. The molecular weight excluding hydrogens is 258 g/mol. The van der Waals surface area contributed by atoms with Gasteiger partial charge in [-0.15, -0.1) is 10.2 Å². The van der Waals surface area contributed by atoms with Gasteiger partial charge in [0.2, 0.25) is 0 Å². The van der Waals surface area contributed by atoms with Crippen LogP contribution >= 0.6 is 0 Å². The van der Waals surface area contributed by atoms with Crippen LogP contribution in [0.5, 0.6) is 0 Å². The second-order valence-electron chi connectivity index (χ2n) is 4.58. The summed E-state index contributed by atoms with van der Waals surface area (Å²) in [5, 5.41) is 13.4. The van der Waals surface area contributed by atoms with Crippen molar-refractivity contribution in [2.45, 2.75) is 25.9 Å².